The van der Waals surface area contributed by atoms with Crippen LogP contribution in [0.4, 0.5) is 5.69 Å². The van der Waals surface area contributed by atoms with E-state index in [-0.39, 0.29) is 12.3 Å². The van der Waals surface area contributed by atoms with Crippen LogP contribution in [-0.4, -0.2) is 41.2 Å². The molecule has 0 spiro atoms. The van der Waals surface area contributed by atoms with Crippen LogP contribution in [0.1, 0.15) is 10.4 Å². The molecule has 0 aliphatic rings. The summed E-state index contributed by atoms with van der Waals surface area (Å²) >= 11 is 1.70. The molecule has 1 aromatic heterocycles. The highest BCUT2D eigenvalue weighted by Crippen LogP contribution is 2.20. The number of ether oxygens (including phenoxy) is 1. The Labute approximate surface area is 139 Å². The number of nitro groups is 1. The minimum atomic E-state index is -0.667. The first-order valence-electron chi connectivity index (χ1n) is 7.22. The highest BCUT2D eigenvalue weighted by molar-refractivity contribution is 7.10. The van der Waals surface area contributed by atoms with E-state index < -0.39 is 11.0 Å². The smallest absolute Gasteiger partial charge is 0.273 e. The van der Waals surface area contributed by atoms with Gasteiger partial charge in [-0.25, -0.2) is 0 Å². The van der Waals surface area contributed by atoms with Gasteiger partial charge in [0.25, 0.3) is 5.69 Å². The lowest BCUT2D eigenvalue weighted by Crippen LogP contribution is -2.32. The van der Waals surface area contributed by atoms with Crippen LogP contribution < -0.4 is 4.74 Å². The molecule has 2 aromatic rings. The molecule has 0 radical (unpaired) electrons. The van der Waals surface area contributed by atoms with Gasteiger partial charge in [0.05, 0.1) is 11.0 Å². The summed E-state index contributed by atoms with van der Waals surface area (Å²) in [4.78, 5) is 13.5. The Bertz CT molecular complexity index is 659. The third-order valence-corrected chi connectivity index (χ3v) is 4.38. The molecule has 124 valence electrons. The van der Waals surface area contributed by atoms with Crippen LogP contribution in [0.3, 0.4) is 0 Å². The minimum Gasteiger partial charge on any atom is -0.491 e. The van der Waals surface area contributed by atoms with Gasteiger partial charge in [0.1, 0.15) is 18.5 Å². The fourth-order valence-electron chi connectivity index (χ4n) is 2.17. The van der Waals surface area contributed by atoms with Crippen molar-refractivity contribution < 1.29 is 14.8 Å². The molecule has 0 bridgehead atoms. The van der Waals surface area contributed by atoms with Crippen LogP contribution in [0.5, 0.6) is 5.75 Å². The summed E-state index contributed by atoms with van der Waals surface area (Å²) in [5, 5.41) is 22.8. The van der Waals surface area contributed by atoms with Crippen LogP contribution in [0.2, 0.25) is 0 Å². The van der Waals surface area contributed by atoms with E-state index in [9.17, 15) is 15.2 Å². The molecule has 1 unspecified atom stereocenters. The number of nitrogens with zero attached hydrogens (tertiary/aromatic N) is 2. The Morgan fingerprint density at radius 3 is 2.87 bits per heavy atom. The molecule has 2 rings (SSSR count). The third kappa shape index (κ3) is 5.31. The van der Waals surface area contributed by atoms with Crippen LogP contribution in [0.25, 0.3) is 0 Å². The number of hydrogen-bond donors (Lipinski definition) is 1. The second kappa shape index (κ2) is 8.05. The molecule has 6 nitrogen and oxygen atoms in total. The van der Waals surface area contributed by atoms with Crippen LogP contribution >= 0.6 is 11.3 Å². The van der Waals surface area contributed by atoms with Gasteiger partial charge >= 0.3 is 0 Å². The van der Waals surface area contributed by atoms with Crippen molar-refractivity contribution in [3.63, 3.8) is 0 Å². The van der Waals surface area contributed by atoms with Gasteiger partial charge in [0.15, 0.2) is 0 Å². The second-order valence-corrected chi connectivity index (χ2v) is 6.44. The first kappa shape index (κ1) is 17.4. The number of aryl methyl sites for hydroxylation is 1. The Morgan fingerprint density at radius 1 is 1.43 bits per heavy atom. The normalized spacial score (nSPS) is 12.3. The topological polar surface area (TPSA) is 75.8 Å². The van der Waals surface area contributed by atoms with Gasteiger partial charge in [0.2, 0.25) is 0 Å². The van der Waals surface area contributed by atoms with Gasteiger partial charge in [-0.05, 0) is 37.0 Å². The van der Waals surface area contributed by atoms with Crippen LogP contribution in [0.15, 0.2) is 35.7 Å². The van der Waals surface area contributed by atoms with E-state index in [2.05, 4.69) is 18.4 Å². The maximum Gasteiger partial charge on any atom is 0.273 e. The van der Waals surface area contributed by atoms with Gasteiger partial charge in [-0.3, -0.25) is 15.0 Å². The zero-order chi connectivity index (χ0) is 16.8. The molecule has 0 aliphatic carbocycles. The number of nitro benzene ring substituents is 1. The second-order valence-electron chi connectivity index (χ2n) is 5.44. The molecular weight excluding hydrogens is 316 g/mol. The van der Waals surface area contributed by atoms with Crippen molar-refractivity contribution in [2.24, 2.45) is 0 Å². The summed E-state index contributed by atoms with van der Waals surface area (Å²) in [5.41, 5.74) is 1.23. The summed E-state index contributed by atoms with van der Waals surface area (Å²) in [6.45, 7) is 3.40. The lowest BCUT2D eigenvalue weighted by Gasteiger charge is -2.20. The lowest BCUT2D eigenvalue weighted by molar-refractivity contribution is -0.384. The number of rotatable bonds is 8. The Kier molecular flexibility index (Phi) is 6.09. The number of benzene rings is 1. The minimum absolute atomic E-state index is 0.0257. The molecule has 0 saturated heterocycles. The maximum absolute atomic E-state index is 10.7. The zero-order valence-electron chi connectivity index (χ0n) is 13.1. The van der Waals surface area contributed by atoms with E-state index in [0.717, 1.165) is 6.54 Å². The Balaban J connectivity index is 1.80. The van der Waals surface area contributed by atoms with Crippen LogP contribution in [-0.2, 0) is 6.54 Å². The predicted molar refractivity (Wildman–Crippen MR) is 90.0 cm³/mol. The molecule has 1 N–H and O–H groups in total. The number of likely N-dealkylation sites (N-methyl/N-ethyl adjacent to an activating group) is 1. The van der Waals surface area contributed by atoms with Gasteiger partial charge in [-0.15, -0.1) is 11.3 Å². The highest BCUT2D eigenvalue weighted by Gasteiger charge is 2.12. The molecule has 7 heteroatoms. The average molecular weight is 336 g/mol. The number of non-ortho nitro benzene ring substituents is 1. The molecule has 1 aromatic carbocycles. The quantitative estimate of drug-likeness (QED) is 0.592. The van der Waals surface area contributed by atoms with Crippen molar-refractivity contribution >= 4 is 17.0 Å². The van der Waals surface area contributed by atoms with Crippen molar-refractivity contribution in [1.29, 1.82) is 0 Å². The number of aliphatic hydroxyl groups excluding tert-OH is 1. The summed E-state index contributed by atoms with van der Waals surface area (Å²) in [7, 11) is 1.94. The van der Waals surface area contributed by atoms with Crippen molar-refractivity contribution in [3.05, 3.63) is 56.3 Å². The molecule has 0 fully saturated rings. The molecule has 1 atom stereocenters. The van der Waals surface area contributed by atoms with E-state index in [4.69, 9.17) is 4.74 Å². The first-order valence-corrected chi connectivity index (χ1v) is 8.10. The molecule has 0 aliphatic heterocycles. The monoisotopic (exact) mass is 336 g/mol. The first-order chi connectivity index (χ1) is 11.0. The molecule has 23 heavy (non-hydrogen) atoms. The Morgan fingerprint density at radius 2 is 2.22 bits per heavy atom. The van der Waals surface area contributed by atoms with E-state index in [0.29, 0.717) is 12.3 Å². The van der Waals surface area contributed by atoms with Gasteiger partial charge in [0, 0.05) is 24.0 Å². The van der Waals surface area contributed by atoms with Crippen molar-refractivity contribution in [2.75, 3.05) is 20.2 Å². The summed E-state index contributed by atoms with van der Waals surface area (Å²) in [6, 6.07) is 8.03. The summed E-state index contributed by atoms with van der Waals surface area (Å²) in [6.07, 6.45) is -0.667. The van der Waals surface area contributed by atoms with Crippen molar-refractivity contribution in [3.8, 4) is 5.75 Å². The average Bonchev–Trinajstić information content (AvgIpc) is 2.90. The van der Waals surface area contributed by atoms with Gasteiger partial charge < -0.3 is 9.84 Å². The standard InChI is InChI=1S/C16H20N2O4S/c1-12-6-7-23-16(12)10-17(2)9-14(19)11-22-15-5-3-4-13(8-15)18(20)21/h3-8,14,19H,9-11H2,1-2H3. The molecule has 0 amide bonds. The molecular formula is C16H20N2O4S. The summed E-state index contributed by atoms with van der Waals surface area (Å²) in [5.74, 6) is 0.384. The highest BCUT2D eigenvalue weighted by atomic mass is 32.1. The summed E-state index contributed by atoms with van der Waals surface area (Å²) < 4.78 is 5.44. The number of thiophene rings is 1. The SMILES string of the molecule is Cc1ccsc1CN(C)CC(O)COc1cccc([N+](=O)[O-])c1. The van der Waals surface area contributed by atoms with E-state index in [1.807, 2.05) is 11.9 Å². The fourth-order valence-corrected chi connectivity index (χ4v) is 3.15. The van der Waals surface area contributed by atoms with Gasteiger partial charge in [-0.1, -0.05) is 6.07 Å². The van der Waals surface area contributed by atoms with Crippen molar-refractivity contribution in [2.45, 2.75) is 19.6 Å². The lowest BCUT2D eigenvalue weighted by atomic mass is 10.2. The van der Waals surface area contributed by atoms with Crippen LogP contribution in [0, 0.1) is 17.0 Å². The van der Waals surface area contributed by atoms with E-state index >= 15 is 0 Å². The van der Waals surface area contributed by atoms with E-state index in [1.165, 1.54) is 22.6 Å². The molecule has 0 saturated carbocycles. The third-order valence-electron chi connectivity index (χ3n) is 3.37. The van der Waals surface area contributed by atoms with E-state index in [1.54, 1.807) is 23.5 Å². The van der Waals surface area contributed by atoms with Gasteiger partial charge in [-0.2, -0.15) is 0 Å². The largest absolute Gasteiger partial charge is 0.491 e. The van der Waals surface area contributed by atoms with Crippen molar-refractivity contribution in [1.82, 2.24) is 4.90 Å². The number of hydrogen-bond acceptors (Lipinski definition) is 6. The maximum atomic E-state index is 10.7. The Hall–Kier alpha value is -1.96. The predicted octanol–water partition coefficient (Wildman–Crippen LogP) is 2.84. The fraction of sp³-hybridized carbons (Fsp3) is 0.375. The number of aliphatic hydroxyl groups is 1. The molecule has 1 heterocycles. The zero-order valence-corrected chi connectivity index (χ0v) is 14.0.